The highest BCUT2D eigenvalue weighted by Crippen LogP contribution is 2.22. The van der Waals surface area contributed by atoms with Gasteiger partial charge in [0.25, 0.3) is 0 Å². The van der Waals surface area contributed by atoms with Crippen LogP contribution in [0.5, 0.6) is 0 Å². The first-order valence-corrected chi connectivity index (χ1v) is 6.72. The number of likely N-dealkylation sites (N-methyl/N-ethyl adjacent to an activating group) is 1. The second kappa shape index (κ2) is 5.46. The van der Waals surface area contributed by atoms with Gasteiger partial charge in [-0.25, -0.2) is 4.39 Å². The molecule has 0 N–H and O–H groups in total. The fraction of sp³-hybridized carbons (Fsp3) is 0.538. The molecule has 0 saturated carbocycles. The van der Waals surface area contributed by atoms with Crippen LogP contribution >= 0.6 is 15.9 Å². The highest BCUT2D eigenvalue weighted by atomic mass is 79.9. The predicted octanol–water partition coefficient (Wildman–Crippen LogP) is 2.72. The standard InChI is InChI=1S/C13H18BrFN2/c1-10-8-17(7-6-16(10)2)9-11-4-3-5-12(15)13(11)14/h3-5,10H,6-9H2,1-2H3. The van der Waals surface area contributed by atoms with Crippen molar-refractivity contribution >= 4 is 15.9 Å². The number of halogens is 2. The van der Waals surface area contributed by atoms with E-state index in [0.29, 0.717) is 10.5 Å². The molecule has 17 heavy (non-hydrogen) atoms. The van der Waals surface area contributed by atoms with E-state index in [1.165, 1.54) is 6.07 Å². The fourth-order valence-corrected chi connectivity index (χ4v) is 2.57. The van der Waals surface area contributed by atoms with Gasteiger partial charge in [-0.05, 0) is 41.5 Å². The quantitative estimate of drug-likeness (QED) is 0.829. The molecule has 0 amide bonds. The van der Waals surface area contributed by atoms with Crippen LogP contribution in [0.25, 0.3) is 0 Å². The summed E-state index contributed by atoms with van der Waals surface area (Å²) in [6.45, 7) is 6.21. The van der Waals surface area contributed by atoms with Gasteiger partial charge in [0.1, 0.15) is 5.82 Å². The summed E-state index contributed by atoms with van der Waals surface area (Å²) in [5.41, 5.74) is 1.03. The molecule has 1 heterocycles. The van der Waals surface area contributed by atoms with E-state index < -0.39 is 0 Å². The Balaban J connectivity index is 2.04. The van der Waals surface area contributed by atoms with E-state index in [9.17, 15) is 4.39 Å². The van der Waals surface area contributed by atoms with Crippen LogP contribution in [0.3, 0.4) is 0 Å². The van der Waals surface area contributed by atoms with Crippen molar-refractivity contribution in [1.29, 1.82) is 0 Å². The van der Waals surface area contributed by atoms with Crippen LogP contribution in [0.2, 0.25) is 0 Å². The lowest BCUT2D eigenvalue weighted by Crippen LogP contribution is -2.49. The molecule has 1 atom stereocenters. The lowest BCUT2D eigenvalue weighted by atomic mass is 10.1. The predicted molar refractivity (Wildman–Crippen MR) is 71.5 cm³/mol. The maximum atomic E-state index is 13.4. The summed E-state index contributed by atoms with van der Waals surface area (Å²) in [4.78, 5) is 4.74. The van der Waals surface area contributed by atoms with Crippen molar-refractivity contribution in [2.75, 3.05) is 26.7 Å². The van der Waals surface area contributed by atoms with E-state index in [4.69, 9.17) is 0 Å². The van der Waals surface area contributed by atoms with Gasteiger partial charge in [0.15, 0.2) is 0 Å². The van der Waals surface area contributed by atoms with Gasteiger partial charge in [-0.1, -0.05) is 12.1 Å². The van der Waals surface area contributed by atoms with Crippen molar-refractivity contribution in [3.05, 3.63) is 34.1 Å². The lowest BCUT2D eigenvalue weighted by Gasteiger charge is -2.37. The summed E-state index contributed by atoms with van der Waals surface area (Å²) in [7, 11) is 2.15. The number of piperazine rings is 1. The van der Waals surface area contributed by atoms with Crippen molar-refractivity contribution in [2.24, 2.45) is 0 Å². The molecule has 2 rings (SSSR count). The Bertz CT molecular complexity index is 397. The monoisotopic (exact) mass is 300 g/mol. The zero-order valence-corrected chi connectivity index (χ0v) is 11.9. The third-order valence-corrected chi connectivity index (χ3v) is 4.36. The summed E-state index contributed by atoms with van der Waals surface area (Å²) in [6.07, 6.45) is 0. The third kappa shape index (κ3) is 3.06. The summed E-state index contributed by atoms with van der Waals surface area (Å²) in [5.74, 6) is -0.176. The average molecular weight is 301 g/mol. The molecule has 0 radical (unpaired) electrons. The number of rotatable bonds is 2. The molecule has 1 unspecified atom stereocenters. The maximum Gasteiger partial charge on any atom is 0.137 e. The molecule has 1 aliphatic heterocycles. The number of nitrogens with zero attached hydrogens (tertiary/aromatic N) is 2. The molecule has 1 fully saturated rings. The molecule has 0 aliphatic carbocycles. The normalized spacial score (nSPS) is 22.9. The molecule has 1 aromatic rings. The molecule has 94 valence electrons. The second-order valence-corrected chi connectivity index (χ2v) is 5.57. The summed E-state index contributed by atoms with van der Waals surface area (Å²) in [6, 6.07) is 5.81. The molecule has 1 aliphatic rings. The topological polar surface area (TPSA) is 6.48 Å². The summed E-state index contributed by atoms with van der Waals surface area (Å²) >= 11 is 3.32. The first kappa shape index (κ1) is 13.0. The molecule has 0 aromatic heterocycles. The maximum absolute atomic E-state index is 13.4. The van der Waals surface area contributed by atoms with Gasteiger partial charge in [0, 0.05) is 32.2 Å². The smallest absolute Gasteiger partial charge is 0.137 e. The Morgan fingerprint density at radius 1 is 1.41 bits per heavy atom. The Morgan fingerprint density at radius 2 is 2.18 bits per heavy atom. The van der Waals surface area contributed by atoms with Gasteiger partial charge >= 0.3 is 0 Å². The SMILES string of the molecule is CC1CN(Cc2cccc(F)c2Br)CCN1C. The Morgan fingerprint density at radius 3 is 2.88 bits per heavy atom. The molecule has 0 spiro atoms. The minimum absolute atomic E-state index is 0.176. The van der Waals surface area contributed by atoms with Crippen molar-refractivity contribution in [3.8, 4) is 0 Å². The van der Waals surface area contributed by atoms with Gasteiger partial charge in [0.2, 0.25) is 0 Å². The average Bonchev–Trinajstić information content (AvgIpc) is 2.30. The highest BCUT2D eigenvalue weighted by Gasteiger charge is 2.21. The van der Waals surface area contributed by atoms with Crippen molar-refractivity contribution in [3.63, 3.8) is 0 Å². The van der Waals surface area contributed by atoms with Crippen LogP contribution in [0.1, 0.15) is 12.5 Å². The zero-order chi connectivity index (χ0) is 12.4. The van der Waals surface area contributed by atoms with Crippen LogP contribution in [0.4, 0.5) is 4.39 Å². The first-order chi connectivity index (χ1) is 8.08. The van der Waals surface area contributed by atoms with Crippen LogP contribution in [-0.2, 0) is 6.54 Å². The molecular weight excluding hydrogens is 283 g/mol. The van der Waals surface area contributed by atoms with Crippen LogP contribution in [-0.4, -0.2) is 42.5 Å². The molecule has 1 saturated heterocycles. The van der Waals surface area contributed by atoms with Crippen LogP contribution in [0.15, 0.2) is 22.7 Å². The van der Waals surface area contributed by atoms with Crippen molar-refractivity contribution in [1.82, 2.24) is 9.80 Å². The van der Waals surface area contributed by atoms with Crippen LogP contribution in [0, 0.1) is 5.82 Å². The largest absolute Gasteiger partial charge is 0.301 e. The van der Waals surface area contributed by atoms with Gasteiger partial charge in [-0.15, -0.1) is 0 Å². The Labute approximate surface area is 111 Å². The van der Waals surface area contributed by atoms with Crippen LogP contribution < -0.4 is 0 Å². The number of hydrogen-bond acceptors (Lipinski definition) is 2. The van der Waals surface area contributed by atoms with Gasteiger partial charge in [0.05, 0.1) is 4.47 Å². The summed E-state index contributed by atoms with van der Waals surface area (Å²) in [5, 5.41) is 0. The van der Waals surface area contributed by atoms with Gasteiger partial charge in [-0.3, -0.25) is 4.90 Å². The fourth-order valence-electron chi connectivity index (χ4n) is 2.18. The molecule has 0 bridgehead atoms. The van der Waals surface area contributed by atoms with Crippen molar-refractivity contribution < 1.29 is 4.39 Å². The number of hydrogen-bond donors (Lipinski definition) is 0. The second-order valence-electron chi connectivity index (χ2n) is 4.78. The molecule has 4 heteroatoms. The van der Waals surface area contributed by atoms with E-state index in [2.05, 4.69) is 39.7 Å². The number of benzene rings is 1. The Hall–Kier alpha value is -0.450. The zero-order valence-electron chi connectivity index (χ0n) is 10.3. The minimum Gasteiger partial charge on any atom is -0.301 e. The Kier molecular flexibility index (Phi) is 4.17. The third-order valence-electron chi connectivity index (χ3n) is 3.47. The van der Waals surface area contributed by atoms with E-state index in [0.717, 1.165) is 31.7 Å². The van der Waals surface area contributed by atoms with Gasteiger partial charge in [-0.2, -0.15) is 0 Å². The summed E-state index contributed by atoms with van der Waals surface area (Å²) < 4.78 is 14.0. The van der Waals surface area contributed by atoms with Gasteiger partial charge < -0.3 is 4.90 Å². The first-order valence-electron chi connectivity index (χ1n) is 5.93. The lowest BCUT2D eigenvalue weighted by molar-refractivity contribution is 0.0997. The molecular formula is C13H18BrFN2. The molecule has 1 aromatic carbocycles. The van der Waals surface area contributed by atoms with E-state index >= 15 is 0 Å². The minimum atomic E-state index is -0.176. The van der Waals surface area contributed by atoms with E-state index in [-0.39, 0.29) is 5.82 Å². The molecule has 2 nitrogen and oxygen atoms in total. The van der Waals surface area contributed by atoms with E-state index in [1.807, 2.05) is 6.07 Å². The van der Waals surface area contributed by atoms with Crippen molar-refractivity contribution in [2.45, 2.75) is 19.5 Å². The van der Waals surface area contributed by atoms with E-state index in [1.54, 1.807) is 6.07 Å². The highest BCUT2D eigenvalue weighted by molar-refractivity contribution is 9.10.